The molecular formula is C31H33NO7. The van der Waals surface area contributed by atoms with Crippen LogP contribution in [0.1, 0.15) is 72.2 Å². The molecule has 8 nitrogen and oxygen atoms in total. The third-order valence-corrected chi connectivity index (χ3v) is 7.82. The molecule has 3 aromatic rings. The van der Waals surface area contributed by atoms with Crippen LogP contribution in [0.5, 0.6) is 17.2 Å². The third kappa shape index (κ3) is 5.03. The van der Waals surface area contributed by atoms with Gasteiger partial charge in [0.1, 0.15) is 5.75 Å². The van der Waals surface area contributed by atoms with Crippen molar-refractivity contribution in [2.75, 3.05) is 13.9 Å². The second-order valence-corrected chi connectivity index (χ2v) is 10.3. The Morgan fingerprint density at radius 3 is 2.51 bits per heavy atom. The van der Waals surface area contributed by atoms with Crippen molar-refractivity contribution in [1.29, 1.82) is 0 Å². The van der Waals surface area contributed by atoms with Crippen LogP contribution in [0.3, 0.4) is 0 Å². The lowest BCUT2D eigenvalue weighted by molar-refractivity contribution is -0.143. The quantitative estimate of drug-likeness (QED) is 0.357. The molecule has 204 valence electrons. The number of ether oxygens (including phenoxy) is 3. The standard InChI is InChI=1S/C31H33NO7/c1-4-5-6-20-8-10-23-26(18-7-12-24-25(15-18)39-16-38-24)28(31(35)36)27(29(23)32-20)22-11-9-21(37-3)14-19(22)13-17(2)30(33)34/h7-12,14-15,17,26-28H,4-6,13,16H2,1-3H3,(H,33,34)(H,35,36)/t17-,26+,27+,28-/m1/s1. The molecule has 4 atom stereocenters. The summed E-state index contributed by atoms with van der Waals surface area (Å²) < 4.78 is 16.5. The van der Waals surface area contributed by atoms with Crippen LogP contribution in [0, 0.1) is 11.8 Å². The minimum absolute atomic E-state index is 0.129. The van der Waals surface area contributed by atoms with Crippen LogP contribution < -0.4 is 14.2 Å². The molecule has 1 aliphatic heterocycles. The van der Waals surface area contributed by atoms with Crippen LogP contribution in [0.25, 0.3) is 0 Å². The fraction of sp³-hybridized carbons (Fsp3) is 0.387. The minimum Gasteiger partial charge on any atom is -0.497 e. The Balaban J connectivity index is 1.70. The molecule has 1 aromatic heterocycles. The molecule has 2 aromatic carbocycles. The maximum Gasteiger partial charge on any atom is 0.308 e. The molecule has 0 spiro atoms. The van der Waals surface area contributed by atoms with E-state index >= 15 is 0 Å². The summed E-state index contributed by atoms with van der Waals surface area (Å²) >= 11 is 0. The molecule has 2 N–H and O–H groups in total. The van der Waals surface area contributed by atoms with Gasteiger partial charge in [-0.3, -0.25) is 14.6 Å². The van der Waals surface area contributed by atoms with Gasteiger partial charge in [-0.25, -0.2) is 0 Å². The number of hydrogen-bond acceptors (Lipinski definition) is 6. The van der Waals surface area contributed by atoms with Crippen molar-refractivity contribution in [1.82, 2.24) is 4.98 Å². The molecule has 8 heteroatoms. The van der Waals surface area contributed by atoms with E-state index in [0.29, 0.717) is 17.2 Å². The van der Waals surface area contributed by atoms with Crippen molar-refractivity contribution in [3.05, 3.63) is 82.2 Å². The van der Waals surface area contributed by atoms with E-state index in [-0.39, 0.29) is 13.2 Å². The van der Waals surface area contributed by atoms with Crippen LogP contribution in [-0.2, 0) is 22.4 Å². The Bertz CT molecular complexity index is 1400. The fourth-order valence-corrected chi connectivity index (χ4v) is 5.82. The summed E-state index contributed by atoms with van der Waals surface area (Å²) in [4.78, 5) is 29.9. The molecule has 0 unspecified atom stereocenters. The van der Waals surface area contributed by atoms with Gasteiger partial charge < -0.3 is 24.4 Å². The Morgan fingerprint density at radius 1 is 1.03 bits per heavy atom. The Labute approximate surface area is 227 Å². The number of benzene rings is 2. The van der Waals surface area contributed by atoms with Crippen LogP contribution in [0.2, 0.25) is 0 Å². The lowest BCUT2D eigenvalue weighted by Crippen LogP contribution is -2.25. The normalized spacial score (nSPS) is 19.9. The molecule has 0 saturated carbocycles. The molecule has 5 rings (SSSR count). The number of carboxylic acids is 2. The van der Waals surface area contributed by atoms with Crippen LogP contribution >= 0.6 is 0 Å². The second-order valence-electron chi connectivity index (χ2n) is 10.3. The Hall–Kier alpha value is -4.07. The van der Waals surface area contributed by atoms with Gasteiger partial charge in [0.25, 0.3) is 0 Å². The van der Waals surface area contributed by atoms with Gasteiger partial charge in [-0.2, -0.15) is 0 Å². The van der Waals surface area contributed by atoms with E-state index in [1.165, 1.54) is 0 Å². The lowest BCUT2D eigenvalue weighted by Gasteiger charge is -2.25. The highest BCUT2D eigenvalue weighted by molar-refractivity contribution is 5.78. The number of rotatable bonds is 10. The summed E-state index contributed by atoms with van der Waals surface area (Å²) in [5, 5.41) is 20.4. The molecule has 1 aliphatic carbocycles. The molecule has 39 heavy (non-hydrogen) atoms. The van der Waals surface area contributed by atoms with Gasteiger partial charge in [0.2, 0.25) is 6.79 Å². The van der Waals surface area contributed by atoms with Crippen molar-refractivity contribution in [2.45, 2.75) is 51.4 Å². The molecule has 2 heterocycles. The predicted molar refractivity (Wildman–Crippen MR) is 144 cm³/mol. The minimum atomic E-state index is -0.941. The smallest absolute Gasteiger partial charge is 0.308 e. The number of methoxy groups -OCH3 is 1. The average molecular weight is 532 g/mol. The first-order valence-electron chi connectivity index (χ1n) is 13.3. The van der Waals surface area contributed by atoms with Gasteiger partial charge in [0, 0.05) is 17.5 Å². The maximum absolute atomic E-state index is 13.1. The maximum atomic E-state index is 13.1. The molecule has 0 saturated heterocycles. The number of carbonyl (C=O) groups is 2. The number of pyridine rings is 1. The van der Waals surface area contributed by atoms with E-state index in [4.69, 9.17) is 19.2 Å². The monoisotopic (exact) mass is 531 g/mol. The van der Waals surface area contributed by atoms with Crippen molar-refractivity contribution in [2.24, 2.45) is 11.8 Å². The summed E-state index contributed by atoms with van der Waals surface area (Å²) in [5.74, 6) is -2.60. The highest BCUT2D eigenvalue weighted by atomic mass is 16.7. The van der Waals surface area contributed by atoms with Crippen LogP contribution in [0.15, 0.2) is 48.5 Å². The molecule has 0 bridgehead atoms. The van der Waals surface area contributed by atoms with E-state index in [1.807, 2.05) is 42.5 Å². The summed E-state index contributed by atoms with van der Waals surface area (Å²) in [6.07, 6.45) is 3.04. The van der Waals surface area contributed by atoms with Crippen molar-refractivity contribution < 1.29 is 34.0 Å². The molecule has 0 fully saturated rings. The first kappa shape index (κ1) is 26.5. The second kappa shape index (κ2) is 11.0. The SMILES string of the molecule is CCCCc1ccc2c(n1)[C@@H](c1ccc(OC)cc1C[C@@H](C)C(=O)O)[C@H](C(=O)O)[C@H]2c1ccc2c(c1)OCO2. The molecule has 0 radical (unpaired) electrons. The van der Waals surface area contributed by atoms with Crippen molar-refractivity contribution in [3.63, 3.8) is 0 Å². The zero-order valence-corrected chi connectivity index (χ0v) is 22.3. The highest BCUT2D eigenvalue weighted by Crippen LogP contribution is 2.54. The van der Waals surface area contributed by atoms with Crippen molar-refractivity contribution in [3.8, 4) is 17.2 Å². The first-order valence-corrected chi connectivity index (χ1v) is 13.3. The average Bonchev–Trinajstić information content (AvgIpc) is 3.53. The predicted octanol–water partition coefficient (Wildman–Crippen LogP) is 5.40. The number of carboxylic acid groups (broad SMARTS) is 2. The van der Waals surface area contributed by atoms with E-state index in [9.17, 15) is 19.8 Å². The van der Waals surface area contributed by atoms with Gasteiger partial charge in [-0.05, 0) is 71.8 Å². The molecule has 2 aliphatic rings. The third-order valence-electron chi connectivity index (χ3n) is 7.82. The highest BCUT2D eigenvalue weighted by Gasteiger charge is 2.48. The number of fused-ring (bicyclic) bond motifs is 2. The van der Waals surface area contributed by atoms with Gasteiger partial charge in [0.05, 0.1) is 24.6 Å². The number of unbranched alkanes of at least 4 members (excludes halogenated alkanes) is 1. The summed E-state index contributed by atoms with van der Waals surface area (Å²) in [6.45, 7) is 3.91. The number of hydrogen-bond donors (Lipinski definition) is 2. The molecular weight excluding hydrogens is 498 g/mol. The zero-order valence-electron chi connectivity index (χ0n) is 22.3. The largest absolute Gasteiger partial charge is 0.497 e. The Kier molecular flexibility index (Phi) is 7.46. The molecule has 0 amide bonds. The van der Waals surface area contributed by atoms with Crippen molar-refractivity contribution >= 4 is 11.9 Å². The Morgan fingerprint density at radius 2 is 1.79 bits per heavy atom. The topological polar surface area (TPSA) is 115 Å². The van der Waals surface area contributed by atoms with Gasteiger partial charge in [0.15, 0.2) is 11.5 Å². The van der Waals surface area contributed by atoms with E-state index in [1.54, 1.807) is 20.1 Å². The first-order chi connectivity index (χ1) is 18.8. The zero-order chi connectivity index (χ0) is 27.7. The number of aryl methyl sites for hydroxylation is 1. The summed E-state index contributed by atoms with van der Waals surface area (Å²) in [6, 6.07) is 15.1. The van der Waals surface area contributed by atoms with E-state index in [0.717, 1.165) is 52.9 Å². The van der Waals surface area contributed by atoms with Gasteiger partial charge >= 0.3 is 11.9 Å². The van der Waals surface area contributed by atoms with E-state index < -0.39 is 35.6 Å². The van der Waals surface area contributed by atoms with E-state index in [2.05, 4.69) is 6.92 Å². The van der Waals surface area contributed by atoms with Gasteiger partial charge in [-0.1, -0.05) is 38.5 Å². The van der Waals surface area contributed by atoms with Gasteiger partial charge in [-0.15, -0.1) is 0 Å². The van der Waals surface area contributed by atoms with Crippen LogP contribution in [-0.4, -0.2) is 41.0 Å². The lowest BCUT2D eigenvalue weighted by atomic mass is 9.78. The summed E-state index contributed by atoms with van der Waals surface area (Å²) in [5.41, 5.74) is 4.84. The summed E-state index contributed by atoms with van der Waals surface area (Å²) in [7, 11) is 1.56. The number of nitrogens with zero attached hydrogens (tertiary/aromatic N) is 1. The number of aliphatic carboxylic acids is 2. The number of aromatic nitrogens is 1. The fourth-order valence-electron chi connectivity index (χ4n) is 5.82. The van der Waals surface area contributed by atoms with Crippen LogP contribution in [0.4, 0.5) is 0 Å².